The highest BCUT2D eigenvalue weighted by atomic mass is 32.2. The van der Waals surface area contributed by atoms with Crippen molar-refractivity contribution in [3.05, 3.63) is 46.2 Å². The quantitative estimate of drug-likeness (QED) is 0.917. The van der Waals surface area contributed by atoms with Gasteiger partial charge in [0.1, 0.15) is 4.88 Å². The van der Waals surface area contributed by atoms with Crippen molar-refractivity contribution in [1.29, 1.82) is 0 Å². The predicted octanol–water partition coefficient (Wildman–Crippen LogP) is 2.83. The van der Waals surface area contributed by atoms with Gasteiger partial charge in [0.15, 0.2) is 0 Å². The number of aromatic carboxylic acids is 1. The molecule has 0 spiro atoms. The van der Waals surface area contributed by atoms with Crippen molar-refractivity contribution >= 4 is 33.0 Å². The molecule has 0 aliphatic carbocycles. The molecular formula is C14H15NO4S2. The Morgan fingerprint density at radius 3 is 2.38 bits per heavy atom. The number of anilines is 1. The van der Waals surface area contributed by atoms with Crippen LogP contribution >= 0.6 is 11.3 Å². The molecule has 112 valence electrons. The Balaban J connectivity index is 2.34. The molecule has 21 heavy (non-hydrogen) atoms. The van der Waals surface area contributed by atoms with Crippen molar-refractivity contribution in [2.45, 2.75) is 18.2 Å². The highest BCUT2D eigenvalue weighted by Crippen LogP contribution is 2.26. The number of carboxylic acids is 1. The van der Waals surface area contributed by atoms with Gasteiger partial charge in [-0.25, -0.2) is 13.2 Å². The molecule has 2 aromatic rings. The number of hydrogen-bond acceptors (Lipinski definition) is 4. The smallest absolute Gasteiger partial charge is 0.345 e. The van der Waals surface area contributed by atoms with Crippen LogP contribution in [0.2, 0.25) is 0 Å². The first-order chi connectivity index (χ1) is 9.86. The minimum Gasteiger partial charge on any atom is -0.477 e. The lowest BCUT2D eigenvalue weighted by Gasteiger charge is -2.18. The fourth-order valence-corrected chi connectivity index (χ4v) is 4.10. The highest BCUT2D eigenvalue weighted by molar-refractivity contribution is 7.93. The van der Waals surface area contributed by atoms with Crippen LogP contribution in [0.25, 0.3) is 0 Å². The zero-order valence-corrected chi connectivity index (χ0v) is 13.2. The van der Waals surface area contributed by atoms with Crippen molar-refractivity contribution < 1.29 is 18.3 Å². The van der Waals surface area contributed by atoms with Crippen LogP contribution in [0, 0.1) is 0 Å². The van der Waals surface area contributed by atoms with Gasteiger partial charge in [-0.05, 0) is 30.2 Å². The van der Waals surface area contributed by atoms with Gasteiger partial charge >= 0.3 is 5.97 Å². The van der Waals surface area contributed by atoms with Gasteiger partial charge in [0.05, 0.1) is 10.6 Å². The molecule has 1 N–H and O–H groups in total. The molecule has 5 nitrogen and oxygen atoms in total. The molecule has 1 aromatic carbocycles. The zero-order valence-electron chi connectivity index (χ0n) is 11.6. The number of hydrogen-bond donors (Lipinski definition) is 1. The van der Waals surface area contributed by atoms with E-state index in [1.54, 1.807) is 12.1 Å². The summed E-state index contributed by atoms with van der Waals surface area (Å²) in [4.78, 5) is 10.8. The van der Waals surface area contributed by atoms with Gasteiger partial charge in [0, 0.05) is 12.4 Å². The number of sulfonamides is 1. The molecule has 0 aliphatic rings. The van der Waals surface area contributed by atoms with Gasteiger partial charge in [-0.3, -0.25) is 4.31 Å². The van der Waals surface area contributed by atoms with Crippen LogP contribution in [0.15, 0.2) is 40.6 Å². The number of nitrogens with zero attached hydrogens (tertiary/aromatic N) is 1. The monoisotopic (exact) mass is 325 g/mol. The Kier molecular flexibility index (Phi) is 4.34. The average Bonchev–Trinajstić information content (AvgIpc) is 2.97. The Hall–Kier alpha value is -1.86. The molecule has 1 aromatic heterocycles. The standard InChI is InChI=1S/C14H15NO4S2/c1-3-10-4-6-11(7-5-10)15(2)21(18,19)12-8-13(14(16)17)20-9-12/h4-9H,3H2,1-2H3,(H,16,17). The Labute approximate surface area is 127 Å². The molecule has 0 amide bonds. The number of thiophene rings is 1. The molecule has 0 unspecified atom stereocenters. The maximum Gasteiger partial charge on any atom is 0.345 e. The number of carbonyl (C=O) groups is 1. The van der Waals surface area contributed by atoms with Crippen LogP contribution in [0.4, 0.5) is 5.69 Å². The molecule has 0 bridgehead atoms. The van der Waals surface area contributed by atoms with Gasteiger partial charge < -0.3 is 5.11 Å². The Morgan fingerprint density at radius 1 is 1.29 bits per heavy atom. The van der Waals surface area contributed by atoms with Gasteiger partial charge in [-0.2, -0.15) is 0 Å². The SMILES string of the molecule is CCc1ccc(N(C)S(=O)(=O)c2csc(C(=O)O)c2)cc1. The molecule has 0 radical (unpaired) electrons. The van der Waals surface area contributed by atoms with Gasteiger partial charge in [-0.15, -0.1) is 11.3 Å². The van der Waals surface area contributed by atoms with E-state index in [0.717, 1.165) is 27.6 Å². The molecule has 0 atom stereocenters. The summed E-state index contributed by atoms with van der Waals surface area (Å²) in [5, 5.41) is 10.2. The Morgan fingerprint density at radius 2 is 1.90 bits per heavy atom. The lowest BCUT2D eigenvalue weighted by atomic mass is 10.1. The van der Waals surface area contributed by atoms with Crippen LogP contribution < -0.4 is 4.31 Å². The fraction of sp³-hybridized carbons (Fsp3) is 0.214. The van der Waals surface area contributed by atoms with Gasteiger partial charge in [-0.1, -0.05) is 19.1 Å². The van der Waals surface area contributed by atoms with E-state index in [1.165, 1.54) is 18.5 Å². The first-order valence-corrected chi connectivity index (χ1v) is 8.58. The van der Waals surface area contributed by atoms with E-state index in [0.29, 0.717) is 5.69 Å². The molecule has 7 heteroatoms. The summed E-state index contributed by atoms with van der Waals surface area (Å²) in [6.45, 7) is 2.02. The van der Waals surface area contributed by atoms with Crippen molar-refractivity contribution in [2.75, 3.05) is 11.4 Å². The summed E-state index contributed by atoms with van der Waals surface area (Å²) in [6, 6.07) is 8.40. The highest BCUT2D eigenvalue weighted by Gasteiger charge is 2.23. The molecule has 0 saturated carbocycles. The van der Waals surface area contributed by atoms with Gasteiger partial charge in [0.25, 0.3) is 10.0 Å². The summed E-state index contributed by atoms with van der Waals surface area (Å²) >= 11 is 0.898. The summed E-state index contributed by atoms with van der Waals surface area (Å²) in [6.07, 6.45) is 0.878. The summed E-state index contributed by atoms with van der Waals surface area (Å²) in [5.41, 5.74) is 1.66. The van der Waals surface area contributed by atoms with Crippen LogP contribution in [0.5, 0.6) is 0 Å². The molecule has 1 heterocycles. The zero-order chi connectivity index (χ0) is 15.6. The average molecular weight is 325 g/mol. The third-order valence-corrected chi connectivity index (χ3v) is 5.98. The number of aryl methyl sites for hydroxylation is 1. The molecule has 0 saturated heterocycles. The molecule has 0 fully saturated rings. The summed E-state index contributed by atoms with van der Waals surface area (Å²) < 4.78 is 26.1. The van der Waals surface area contributed by atoms with Crippen LogP contribution in [0.3, 0.4) is 0 Å². The van der Waals surface area contributed by atoms with E-state index in [2.05, 4.69) is 0 Å². The molecule has 2 rings (SSSR count). The van der Waals surface area contributed by atoms with E-state index < -0.39 is 16.0 Å². The second-order valence-electron chi connectivity index (χ2n) is 4.44. The van der Waals surface area contributed by atoms with Crippen molar-refractivity contribution in [3.8, 4) is 0 Å². The second kappa shape index (κ2) is 5.87. The maximum absolute atomic E-state index is 12.5. The minimum atomic E-state index is -3.74. The van der Waals surface area contributed by atoms with Crippen LogP contribution in [0.1, 0.15) is 22.2 Å². The number of benzene rings is 1. The third kappa shape index (κ3) is 3.08. The maximum atomic E-state index is 12.5. The van der Waals surface area contributed by atoms with E-state index in [-0.39, 0.29) is 9.77 Å². The van der Waals surface area contributed by atoms with Crippen molar-refractivity contribution in [3.63, 3.8) is 0 Å². The minimum absolute atomic E-state index is 0.00306. The molecule has 0 aliphatic heterocycles. The van der Waals surface area contributed by atoms with Crippen LogP contribution in [-0.4, -0.2) is 26.5 Å². The van der Waals surface area contributed by atoms with E-state index in [4.69, 9.17) is 5.11 Å². The largest absolute Gasteiger partial charge is 0.477 e. The van der Waals surface area contributed by atoms with Crippen molar-refractivity contribution in [2.24, 2.45) is 0 Å². The summed E-state index contributed by atoms with van der Waals surface area (Å²) in [7, 11) is -2.29. The third-order valence-electron chi connectivity index (χ3n) is 3.15. The number of rotatable bonds is 5. The lowest BCUT2D eigenvalue weighted by Crippen LogP contribution is -2.26. The predicted molar refractivity (Wildman–Crippen MR) is 82.7 cm³/mol. The number of carboxylic acid groups (broad SMARTS) is 1. The van der Waals surface area contributed by atoms with Gasteiger partial charge in [0.2, 0.25) is 0 Å². The fourth-order valence-electron chi connectivity index (χ4n) is 1.80. The second-order valence-corrected chi connectivity index (χ2v) is 7.32. The van der Waals surface area contributed by atoms with E-state index in [9.17, 15) is 13.2 Å². The summed E-state index contributed by atoms with van der Waals surface area (Å²) in [5.74, 6) is -1.13. The topological polar surface area (TPSA) is 74.7 Å². The van der Waals surface area contributed by atoms with Crippen molar-refractivity contribution in [1.82, 2.24) is 0 Å². The Bertz CT molecular complexity index is 748. The normalized spacial score (nSPS) is 11.3. The first-order valence-electron chi connectivity index (χ1n) is 6.26. The van der Waals surface area contributed by atoms with E-state index in [1.807, 2.05) is 19.1 Å². The van der Waals surface area contributed by atoms with E-state index >= 15 is 0 Å². The first kappa shape index (κ1) is 15.5. The van der Waals surface area contributed by atoms with Crippen LogP contribution in [-0.2, 0) is 16.4 Å². The molecular weight excluding hydrogens is 310 g/mol. The lowest BCUT2D eigenvalue weighted by molar-refractivity contribution is 0.0702.